The number of non-ortho nitro benzene ring substituents is 1. The maximum Gasteiger partial charge on any atom is 0.269 e. The summed E-state index contributed by atoms with van der Waals surface area (Å²) in [5.41, 5.74) is 4.71. The molecule has 0 saturated carbocycles. The van der Waals surface area contributed by atoms with Crippen molar-refractivity contribution in [3.63, 3.8) is 0 Å². The third kappa shape index (κ3) is 5.30. The van der Waals surface area contributed by atoms with E-state index in [9.17, 15) is 14.9 Å². The zero-order valence-electron chi connectivity index (χ0n) is 20.0. The van der Waals surface area contributed by atoms with Crippen LogP contribution in [0.1, 0.15) is 24.4 Å². The van der Waals surface area contributed by atoms with E-state index in [2.05, 4.69) is 15.3 Å². The fourth-order valence-electron chi connectivity index (χ4n) is 4.09. The summed E-state index contributed by atoms with van der Waals surface area (Å²) in [6.07, 6.45) is 3.65. The number of aromatic nitrogens is 4. The molecule has 5 rings (SSSR count). The van der Waals surface area contributed by atoms with E-state index in [-0.39, 0.29) is 24.1 Å². The molecular weight excluding hydrogens is 468 g/mol. The number of nitro benzene ring substituents is 1. The normalized spacial score (nSPS) is 11.7. The van der Waals surface area contributed by atoms with Crippen molar-refractivity contribution in [3.05, 3.63) is 119 Å². The number of benzene rings is 3. The second kappa shape index (κ2) is 10.3. The number of para-hydroxylation sites is 1. The number of nitro groups is 1. The molecule has 37 heavy (non-hydrogen) atoms. The van der Waals surface area contributed by atoms with E-state index >= 15 is 0 Å². The zero-order chi connectivity index (χ0) is 25.8. The topological polar surface area (TPSA) is 119 Å². The smallest absolute Gasteiger partial charge is 0.269 e. The highest BCUT2D eigenvalue weighted by molar-refractivity contribution is 5.81. The van der Waals surface area contributed by atoms with Gasteiger partial charge >= 0.3 is 0 Å². The minimum atomic E-state index is -0.445. The van der Waals surface area contributed by atoms with E-state index < -0.39 is 4.92 Å². The van der Waals surface area contributed by atoms with Gasteiger partial charge in [0, 0.05) is 29.5 Å². The van der Waals surface area contributed by atoms with E-state index in [0.717, 1.165) is 16.9 Å². The number of hydrogen-bond acceptors (Lipinski definition) is 5. The number of carbonyl (C=O) groups excluding carboxylic acids is 1. The Morgan fingerprint density at radius 1 is 1.00 bits per heavy atom. The lowest BCUT2D eigenvalue weighted by molar-refractivity contribution is -0.384. The minimum Gasteiger partial charge on any atom is -0.346 e. The standard InChI is InChI=1S/C28H24N6O3/c1-19(28-29-17-25(31-28)20-8-4-2-5-9-20)30-26(35)16-22-18-33(23-10-6-3-7-11-23)32-27(22)21-12-14-24(15-13-21)34(36)37/h2-15,17-19H,16H2,1H3,(H,29,31)(H,30,35). The summed E-state index contributed by atoms with van der Waals surface area (Å²) in [7, 11) is 0. The van der Waals surface area contributed by atoms with Crippen molar-refractivity contribution in [1.29, 1.82) is 0 Å². The Balaban J connectivity index is 1.37. The molecular formula is C28H24N6O3. The second-order valence-corrected chi connectivity index (χ2v) is 8.60. The first-order chi connectivity index (χ1) is 18.0. The van der Waals surface area contributed by atoms with Gasteiger partial charge in [0.1, 0.15) is 5.82 Å². The molecule has 0 radical (unpaired) electrons. The number of H-pyrrole nitrogens is 1. The highest BCUT2D eigenvalue weighted by Gasteiger charge is 2.19. The molecule has 0 aliphatic carbocycles. The summed E-state index contributed by atoms with van der Waals surface area (Å²) in [6.45, 7) is 1.87. The highest BCUT2D eigenvalue weighted by Crippen LogP contribution is 2.27. The van der Waals surface area contributed by atoms with Crippen LogP contribution in [-0.4, -0.2) is 30.6 Å². The lowest BCUT2D eigenvalue weighted by Crippen LogP contribution is -2.28. The van der Waals surface area contributed by atoms with Gasteiger partial charge in [0.25, 0.3) is 5.69 Å². The molecule has 2 heterocycles. The van der Waals surface area contributed by atoms with Gasteiger partial charge in [0.2, 0.25) is 5.91 Å². The SMILES string of the molecule is CC(NC(=O)Cc1cn(-c2ccccc2)nc1-c1ccc([N+](=O)[O-])cc1)c1ncc(-c2ccccc2)[nH]1. The summed E-state index contributed by atoms with van der Waals surface area (Å²) in [5.74, 6) is 0.462. The van der Waals surface area contributed by atoms with Crippen LogP contribution in [0.25, 0.3) is 28.2 Å². The molecule has 1 atom stereocenters. The predicted octanol–water partition coefficient (Wildman–Crippen LogP) is 5.26. The third-order valence-corrected chi connectivity index (χ3v) is 5.98. The van der Waals surface area contributed by atoms with Gasteiger partial charge in [0.05, 0.1) is 40.7 Å². The van der Waals surface area contributed by atoms with Crippen LogP contribution >= 0.6 is 0 Å². The Kier molecular flexibility index (Phi) is 6.58. The van der Waals surface area contributed by atoms with Crippen molar-refractivity contribution in [3.8, 4) is 28.2 Å². The van der Waals surface area contributed by atoms with Crippen LogP contribution in [0.15, 0.2) is 97.3 Å². The zero-order valence-corrected chi connectivity index (χ0v) is 20.0. The van der Waals surface area contributed by atoms with Gasteiger partial charge in [-0.15, -0.1) is 0 Å². The quantitative estimate of drug-likeness (QED) is 0.226. The van der Waals surface area contributed by atoms with Crippen molar-refractivity contribution in [1.82, 2.24) is 25.1 Å². The number of nitrogens with zero attached hydrogens (tertiary/aromatic N) is 4. The van der Waals surface area contributed by atoms with Crippen LogP contribution in [0.2, 0.25) is 0 Å². The van der Waals surface area contributed by atoms with Crippen LogP contribution in [0.4, 0.5) is 5.69 Å². The van der Waals surface area contributed by atoms with E-state index in [1.807, 2.05) is 73.8 Å². The lowest BCUT2D eigenvalue weighted by atomic mass is 10.1. The van der Waals surface area contributed by atoms with Crippen LogP contribution in [0, 0.1) is 10.1 Å². The summed E-state index contributed by atoms with van der Waals surface area (Å²) in [4.78, 5) is 31.4. The van der Waals surface area contributed by atoms with Crippen LogP contribution < -0.4 is 5.32 Å². The molecule has 1 unspecified atom stereocenters. The van der Waals surface area contributed by atoms with E-state index in [0.29, 0.717) is 22.6 Å². The molecule has 2 N–H and O–H groups in total. The van der Waals surface area contributed by atoms with Gasteiger partial charge in [-0.2, -0.15) is 5.10 Å². The number of carbonyl (C=O) groups is 1. The van der Waals surface area contributed by atoms with Crippen LogP contribution in [0.3, 0.4) is 0 Å². The van der Waals surface area contributed by atoms with Crippen LogP contribution in [0.5, 0.6) is 0 Å². The molecule has 9 heteroatoms. The fourth-order valence-corrected chi connectivity index (χ4v) is 4.09. The number of amides is 1. The average molecular weight is 493 g/mol. The first-order valence-corrected chi connectivity index (χ1v) is 11.8. The van der Waals surface area contributed by atoms with Gasteiger partial charge < -0.3 is 10.3 Å². The molecule has 0 spiro atoms. The summed E-state index contributed by atoms with van der Waals surface area (Å²) in [6, 6.07) is 25.2. The largest absolute Gasteiger partial charge is 0.346 e. The molecule has 1 amide bonds. The highest BCUT2D eigenvalue weighted by atomic mass is 16.6. The number of imidazole rings is 1. The Labute approximate surface area is 213 Å². The molecule has 0 aliphatic heterocycles. The Hall–Kier alpha value is -5.05. The summed E-state index contributed by atoms with van der Waals surface area (Å²) in [5, 5.41) is 18.8. The molecule has 0 aliphatic rings. The van der Waals surface area contributed by atoms with Crippen molar-refractivity contribution in [2.45, 2.75) is 19.4 Å². The van der Waals surface area contributed by atoms with Crippen molar-refractivity contribution in [2.75, 3.05) is 0 Å². The molecule has 0 bridgehead atoms. The van der Waals surface area contributed by atoms with Crippen LogP contribution in [-0.2, 0) is 11.2 Å². The average Bonchev–Trinajstić information content (AvgIpc) is 3.58. The summed E-state index contributed by atoms with van der Waals surface area (Å²) >= 11 is 0. The van der Waals surface area contributed by atoms with E-state index in [1.54, 1.807) is 23.0 Å². The molecule has 5 aromatic rings. The molecule has 184 valence electrons. The molecule has 0 fully saturated rings. The molecule has 0 saturated heterocycles. The predicted molar refractivity (Wildman–Crippen MR) is 140 cm³/mol. The van der Waals surface area contributed by atoms with E-state index in [1.165, 1.54) is 12.1 Å². The van der Waals surface area contributed by atoms with Gasteiger partial charge in [-0.1, -0.05) is 48.5 Å². The second-order valence-electron chi connectivity index (χ2n) is 8.60. The van der Waals surface area contributed by atoms with Crippen molar-refractivity contribution in [2.24, 2.45) is 0 Å². The molecule has 3 aromatic carbocycles. The Morgan fingerprint density at radius 3 is 2.35 bits per heavy atom. The lowest BCUT2D eigenvalue weighted by Gasteiger charge is -2.11. The first-order valence-electron chi connectivity index (χ1n) is 11.8. The van der Waals surface area contributed by atoms with Gasteiger partial charge in [0.15, 0.2) is 0 Å². The number of nitrogens with one attached hydrogen (secondary N) is 2. The van der Waals surface area contributed by atoms with E-state index in [4.69, 9.17) is 5.10 Å². The maximum atomic E-state index is 13.1. The van der Waals surface area contributed by atoms with Crippen molar-refractivity contribution >= 4 is 11.6 Å². The van der Waals surface area contributed by atoms with Gasteiger partial charge in [-0.3, -0.25) is 14.9 Å². The number of hydrogen-bond donors (Lipinski definition) is 2. The first kappa shape index (κ1) is 23.7. The molecule has 2 aromatic heterocycles. The van der Waals surface area contributed by atoms with Gasteiger partial charge in [-0.25, -0.2) is 9.67 Å². The maximum absolute atomic E-state index is 13.1. The minimum absolute atomic E-state index is 0.00678. The fraction of sp³-hybridized carbons (Fsp3) is 0.107. The summed E-state index contributed by atoms with van der Waals surface area (Å²) < 4.78 is 1.71. The number of rotatable bonds is 8. The monoisotopic (exact) mass is 492 g/mol. The third-order valence-electron chi connectivity index (χ3n) is 5.98. The molecule has 9 nitrogen and oxygen atoms in total. The Bertz CT molecular complexity index is 1530. The van der Waals surface area contributed by atoms with Gasteiger partial charge in [-0.05, 0) is 36.8 Å². The number of aromatic amines is 1. The Morgan fingerprint density at radius 2 is 1.68 bits per heavy atom. The van der Waals surface area contributed by atoms with Crippen molar-refractivity contribution < 1.29 is 9.72 Å².